The molecule has 0 N–H and O–H groups in total. The van der Waals surface area contributed by atoms with Gasteiger partial charge < -0.3 is 8.83 Å². The van der Waals surface area contributed by atoms with Crippen LogP contribution in [0.5, 0.6) is 0 Å². The van der Waals surface area contributed by atoms with Crippen molar-refractivity contribution in [3.8, 4) is 33.4 Å². The number of hydrogen-bond donors (Lipinski definition) is 0. The zero-order chi connectivity index (χ0) is 51.9. The standard InChI is InChI=1S/C48H28O2/c1-2-12-29(13-3-1)45-36-15-4-6-17-38(36)46(39-18-7-5-16-37(39)45)35-22-11-20-32-31(19-10-21-33(32)35)30-24-26-43-41(28-30)47-44(49-43)27-25-40-34-14-8-9-23-42(34)50-48(40)47/h1-28H/i1D,2D,3D,4D,5D,6D,7D,8D,9D,12D,13D,14D,15D,16D,17D,18D,23D,24D,25D,26D,27D,28D. The van der Waals surface area contributed by atoms with E-state index < -0.39 is 155 Å². The Hall–Kier alpha value is -6.64. The average Bonchev–Trinajstić information content (AvgIpc) is 3.97. The molecule has 2 heterocycles. The van der Waals surface area contributed by atoms with Gasteiger partial charge in [0.25, 0.3) is 0 Å². The van der Waals surface area contributed by atoms with Gasteiger partial charge in [-0.2, -0.15) is 0 Å². The van der Waals surface area contributed by atoms with Crippen LogP contribution in [0.4, 0.5) is 0 Å². The second kappa shape index (κ2) is 10.4. The van der Waals surface area contributed by atoms with E-state index >= 15 is 0 Å². The molecule has 0 atom stereocenters. The lowest BCUT2D eigenvalue weighted by Crippen LogP contribution is -1.92. The molecule has 0 aliphatic carbocycles. The average molecular weight is 659 g/mol. The Labute approximate surface area is 318 Å². The summed E-state index contributed by atoms with van der Waals surface area (Å²) in [6, 6.07) is -5.50. The molecule has 9 aromatic carbocycles. The molecular weight excluding hydrogens is 609 g/mol. The summed E-state index contributed by atoms with van der Waals surface area (Å²) in [4.78, 5) is 0. The van der Waals surface area contributed by atoms with E-state index in [2.05, 4.69) is 0 Å². The van der Waals surface area contributed by atoms with Crippen molar-refractivity contribution in [3.05, 3.63) is 169 Å². The molecule has 0 fully saturated rings. The van der Waals surface area contributed by atoms with Gasteiger partial charge in [0.05, 0.1) is 35.5 Å². The number of para-hydroxylation sites is 1. The predicted molar refractivity (Wildman–Crippen MR) is 210 cm³/mol. The molecule has 0 saturated heterocycles. The molecule has 0 saturated carbocycles. The van der Waals surface area contributed by atoms with Gasteiger partial charge in [0.1, 0.15) is 22.3 Å². The number of benzene rings is 9. The number of fused-ring (bicyclic) bond motifs is 10. The number of rotatable bonds is 3. The second-order valence-corrected chi connectivity index (χ2v) is 11.5. The summed E-state index contributed by atoms with van der Waals surface area (Å²) in [5.74, 6) is 0. The molecule has 0 amide bonds. The second-order valence-electron chi connectivity index (χ2n) is 11.5. The summed E-state index contributed by atoms with van der Waals surface area (Å²) in [5.41, 5.74) is -2.26. The van der Waals surface area contributed by atoms with Crippen LogP contribution in [0.3, 0.4) is 0 Å². The zero-order valence-corrected chi connectivity index (χ0v) is 25.3. The summed E-state index contributed by atoms with van der Waals surface area (Å²) in [5, 5.41) is -1.56. The van der Waals surface area contributed by atoms with Crippen LogP contribution in [0.2, 0.25) is 0 Å². The number of furan rings is 2. The van der Waals surface area contributed by atoms with Gasteiger partial charge in [-0.15, -0.1) is 0 Å². The minimum atomic E-state index is -0.808. The van der Waals surface area contributed by atoms with Gasteiger partial charge in [-0.25, -0.2) is 0 Å². The third-order valence-electron chi connectivity index (χ3n) is 8.91. The maximum atomic E-state index is 9.80. The normalized spacial score (nSPS) is 18.2. The summed E-state index contributed by atoms with van der Waals surface area (Å²) in [7, 11) is 0. The van der Waals surface area contributed by atoms with Crippen LogP contribution in [0.1, 0.15) is 30.2 Å². The lowest BCUT2D eigenvalue weighted by Gasteiger charge is -2.19. The highest BCUT2D eigenvalue weighted by atomic mass is 16.3. The number of hydrogen-bond acceptors (Lipinski definition) is 2. The first kappa shape index (κ1) is 13.7. The SMILES string of the molecule is [2H]c1c([2H])c([2H])c(-c2c3c([2H])c([2H])c([2H])c([2H])c3c(-c3cccc4c(-c5c([2H])c([2H])c6oc7c([2H])c([2H])c8c(oc9c([2H])c([2H])c([2H])c([2H])c98)c7c6c5[2H])cccc34)c3c([2H])c([2H])c([2H])c([2H])c23)c([2H])c1[2H]. The topological polar surface area (TPSA) is 26.3 Å². The van der Waals surface area contributed by atoms with E-state index in [4.69, 9.17) is 29.4 Å². The van der Waals surface area contributed by atoms with Gasteiger partial charge in [0.2, 0.25) is 0 Å². The minimum Gasteiger partial charge on any atom is -0.456 e. The Balaban J connectivity index is 1.31. The van der Waals surface area contributed by atoms with E-state index in [-0.39, 0.29) is 87.7 Å². The predicted octanol–water partition coefficient (Wildman–Crippen LogP) is 13.9. The van der Waals surface area contributed by atoms with Gasteiger partial charge in [-0.05, 0) is 95.9 Å². The molecule has 2 heteroatoms. The van der Waals surface area contributed by atoms with Crippen molar-refractivity contribution >= 4 is 76.2 Å². The Morgan fingerprint density at radius 1 is 0.360 bits per heavy atom. The van der Waals surface area contributed by atoms with Crippen molar-refractivity contribution < 1.29 is 39.0 Å². The monoisotopic (exact) mass is 658 g/mol. The Bertz CT molecular complexity index is 4310. The van der Waals surface area contributed by atoms with E-state index in [1.807, 2.05) is 0 Å². The highest BCUT2D eigenvalue weighted by Crippen LogP contribution is 2.47. The molecule has 232 valence electrons. The first-order chi connectivity index (χ1) is 34.0. The van der Waals surface area contributed by atoms with Crippen LogP contribution < -0.4 is 0 Å². The fourth-order valence-electron chi connectivity index (χ4n) is 6.85. The summed E-state index contributed by atoms with van der Waals surface area (Å²) >= 11 is 0. The summed E-state index contributed by atoms with van der Waals surface area (Å²) < 4.78 is 208. The molecule has 11 rings (SSSR count). The van der Waals surface area contributed by atoms with Crippen molar-refractivity contribution in [3.63, 3.8) is 0 Å². The first-order valence-electron chi connectivity index (χ1n) is 26.3. The van der Waals surface area contributed by atoms with Gasteiger partial charge in [-0.3, -0.25) is 0 Å². The Morgan fingerprint density at radius 2 is 0.940 bits per heavy atom. The molecule has 0 aliphatic heterocycles. The zero-order valence-electron chi connectivity index (χ0n) is 47.3. The molecule has 0 aliphatic rings. The van der Waals surface area contributed by atoms with Crippen molar-refractivity contribution in [1.29, 1.82) is 0 Å². The van der Waals surface area contributed by atoms with E-state index in [1.54, 1.807) is 18.2 Å². The van der Waals surface area contributed by atoms with Crippen LogP contribution in [-0.2, 0) is 0 Å². The molecule has 0 spiro atoms. The van der Waals surface area contributed by atoms with Crippen LogP contribution in [0.25, 0.3) is 110 Å². The van der Waals surface area contributed by atoms with E-state index in [1.165, 1.54) is 18.2 Å². The highest BCUT2D eigenvalue weighted by molar-refractivity contribution is 6.25. The molecule has 0 unspecified atom stereocenters. The quantitative estimate of drug-likeness (QED) is 0.177. The third kappa shape index (κ3) is 3.85. The summed E-state index contributed by atoms with van der Waals surface area (Å²) in [6.07, 6.45) is 0. The van der Waals surface area contributed by atoms with Crippen molar-refractivity contribution in [1.82, 2.24) is 0 Å². The minimum absolute atomic E-state index is 0.102. The van der Waals surface area contributed by atoms with Gasteiger partial charge >= 0.3 is 0 Å². The van der Waals surface area contributed by atoms with Gasteiger partial charge in [-0.1, -0.05) is 139 Å². The Kier molecular flexibility index (Phi) is 2.86. The molecule has 11 aromatic rings. The Morgan fingerprint density at radius 3 is 1.68 bits per heavy atom. The van der Waals surface area contributed by atoms with E-state index in [0.717, 1.165) is 0 Å². The maximum absolute atomic E-state index is 9.80. The molecule has 2 aromatic heterocycles. The molecule has 0 bridgehead atoms. The largest absolute Gasteiger partial charge is 0.456 e. The fourth-order valence-corrected chi connectivity index (χ4v) is 6.85. The van der Waals surface area contributed by atoms with Crippen LogP contribution in [0, 0.1) is 0 Å². The summed E-state index contributed by atoms with van der Waals surface area (Å²) in [6.45, 7) is 0. The molecule has 2 nitrogen and oxygen atoms in total. The molecule has 0 radical (unpaired) electrons. The highest BCUT2D eigenvalue weighted by Gasteiger charge is 2.20. The van der Waals surface area contributed by atoms with E-state index in [0.29, 0.717) is 0 Å². The fraction of sp³-hybridized carbons (Fsp3) is 0. The third-order valence-corrected chi connectivity index (χ3v) is 8.91. The van der Waals surface area contributed by atoms with Crippen molar-refractivity contribution in [2.45, 2.75) is 0 Å². The van der Waals surface area contributed by atoms with Gasteiger partial charge in [0.15, 0.2) is 0 Å². The smallest absolute Gasteiger partial charge is 0.147 e. The van der Waals surface area contributed by atoms with Crippen LogP contribution in [-0.4, -0.2) is 0 Å². The molecular formula is C48H28O2. The van der Waals surface area contributed by atoms with Crippen molar-refractivity contribution in [2.75, 3.05) is 0 Å². The lowest BCUT2D eigenvalue weighted by atomic mass is 9.84. The van der Waals surface area contributed by atoms with Crippen LogP contribution in [0.15, 0.2) is 178 Å². The first-order valence-corrected chi connectivity index (χ1v) is 15.3. The van der Waals surface area contributed by atoms with E-state index in [9.17, 15) is 9.60 Å². The molecule has 50 heavy (non-hydrogen) atoms. The maximum Gasteiger partial charge on any atom is 0.147 e. The van der Waals surface area contributed by atoms with Gasteiger partial charge in [0, 0.05) is 16.2 Å². The van der Waals surface area contributed by atoms with Crippen molar-refractivity contribution in [2.24, 2.45) is 0 Å². The lowest BCUT2D eigenvalue weighted by molar-refractivity contribution is 0.663. The van der Waals surface area contributed by atoms with Crippen LogP contribution >= 0.6 is 0 Å².